The van der Waals surface area contributed by atoms with Crippen LogP contribution in [0.2, 0.25) is 0 Å². The summed E-state index contributed by atoms with van der Waals surface area (Å²) in [6.07, 6.45) is -0.184. The molecule has 0 aliphatic heterocycles. The maximum absolute atomic E-state index is 12.3. The monoisotopic (exact) mass is 306 g/mol. The lowest BCUT2D eigenvalue weighted by Gasteiger charge is -2.29. The van der Waals surface area contributed by atoms with Crippen LogP contribution in [0.5, 0.6) is 0 Å². The summed E-state index contributed by atoms with van der Waals surface area (Å²) < 4.78 is 5.31. The van der Waals surface area contributed by atoms with E-state index in [1.54, 1.807) is 19.0 Å². The lowest BCUT2D eigenvalue weighted by Crippen LogP contribution is -2.42. The molecule has 1 atom stereocenters. The smallest absolute Gasteiger partial charge is 0.410 e. The lowest BCUT2D eigenvalue weighted by molar-refractivity contribution is -0.119. The number of hydrogen-bond acceptors (Lipinski definition) is 3. The van der Waals surface area contributed by atoms with Gasteiger partial charge in [0.15, 0.2) is 0 Å². The van der Waals surface area contributed by atoms with Crippen molar-refractivity contribution >= 4 is 17.7 Å². The first-order valence-corrected chi connectivity index (χ1v) is 7.39. The number of hydrogen-bond donors (Lipinski definition) is 0. The van der Waals surface area contributed by atoms with Gasteiger partial charge in [0, 0.05) is 32.2 Å². The topological polar surface area (TPSA) is 49.9 Å². The average Bonchev–Trinajstić information content (AvgIpc) is 2.44. The molecule has 1 rings (SSSR count). The number of ether oxygens (including phenoxy) is 1. The Morgan fingerprint density at radius 2 is 1.68 bits per heavy atom. The summed E-state index contributed by atoms with van der Waals surface area (Å²) >= 11 is 0. The SMILES string of the molecule is CC(CC(=O)N(C)c1ccccc1)N(C)C(=O)OC(C)(C)C. The maximum Gasteiger partial charge on any atom is 0.410 e. The third kappa shape index (κ3) is 5.39. The van der Waals surface area contributed by atoms with Crippen LogP contribution in [0.25, 0.3) is 0 Å². The number of anilines is 1. The predicted molar refractivity (Wildman–Crippen MR) is 87.9 cm³/mol. The normalized spacial score (nSPS) is 12.5. The minimum atomic E-state index is -0.546. The van der Waals surface area contributed by atoms with Crippen molar-refractivity contribution < 1.29 is 14.3 Å². The highest BCUT2D eigenvalue weighted by molar-refractivity contribution is 5.93. The number of para-hydroxylation sites is 1. The van der Waals surface area contributed by atoms with E-state index in [0.717, 1.165) is 5.69 Å². The third-order valence-electron chi connectivity index (χ3n) is 3.33. The summed E-state index contributed by atoms with van der Waals surface area (Å²) in [5.41, 5.74) is 0.287. The molecule has 5 heteroatoms. The standard InChI is InChI=1S/C17H26N2O3/c1-13(18(5)16(21)22-17(2,3)4)12-15(20)19(6)14-10-8-7-9-11-14/h7-11,13H,12H2,1-6H3. The van der Waals surface area contributed by atoms with Crippen molar-refractivity contribution in [2.45, 2.75) is 45.8 Å². The van der Waals surface area contributed by atoms with Crippen molar-refractivity contribution in [2.75, 3.05) is 19.0 Å². The molecule has 5 nitrogen and oxygen atoms in total. The highest BCUT2D eigenvalue weighted by Crippen LogP contribution is 2.15. The Labute approximate surface area is 132 Å². The minimum Gasteiger partial charge on any atom is -0.444 e. The molecule has 122 valence electrons. The summed E-state index contributed by atoms with van der Waals surface area (Å²) in [4.78, 5) is 27.4. The van der Waals surface area contributed by atoms with Crippen molar-refractivity contribution in [1.29, 1.82) is 0 Å². The number of rotatable bonds is 4. The zero-order valence-electron chi connectivity index (χ0n) is 14.3. The van der Waals surface area contributed by atoms with Crippen molar-refractivity contribution in [1.82, 2.24) is 4.90 Å². The molecule has 0 aromatic heterocycles. The van der Waals surface area contributed by atoms with Crippen molar-refractivity contribution in [3.8, 4) is 0 Å². The van der Waals surface area contributed by atoms with Crippen molar-refractivity contribution in [2.24, 2.45) is 0 Å². The zero-order valence-corrected chi connectivity index (χ0v) is 14.3. The molecule has 0 bridgehead atoms. The van der Waals surface area contributed by atoms with Crippen LogP contribution in [-0.4, -0.2) is 42.6 Å². The molecular weight excluding hydrogens is 280 g/mol. The molecule has 0 aliphatic carbocycles. The number of carbonyl (C=O) groups excluding carboxylic acids is 2. The average molecular weight is 306 g/mol. The molecule has 0 saturated carbocycles. The zero-order chi connectivity index (χ0) is 16.9. The van der Waals surface area contributed by atoms with E-state index in [2.05, 4.69) is 0 Å². The molecule has 1 aromatic rings. The van der Waals surface area contributed by atoms with E-state index in [1.165, 1.54) is 4.90 Å². The van der Waals surface area contributed by atoms with E-state index in [1.807, 2.05) is 58.0 Å². The molecule has 1 unspecified atom stereocenters. The number of amides is 2. The van der Waals surface area contributed by atoms with Gasteiger partial charge in [-0.2, -0.15) is 0 Å². The van der Waals surface area contributed by atoms with Crippen molar-refractivity contribution in [3.63, 3.8) is 0 Å². The van der Waals surface area contributed by atoms with E-state index >= 15 is 0 Å². The van der Waals surface area contributed by atoms with E-state index < -0.39 is 11.7 Å². The quantitative estimate of drug-likeness (QED) is 0.857. The van der Waals surface area contributed by atoms with Crippen LogP contribution < -0.4 is 4.90 Å². The predicted octanol–water partition coefficient (Wildman–Crippen LogP) is 3.29. The van der Waals surface area contributed by atoms with Crippen LogP contribution in [0.4, 0.5) is 10.5 Å². The van der Waals surface area contributed by atoms with Crippen LogP contribution in [0.3, 0.4) is 0 Å². The molecule has 1 aromatic carbocycles. The molecule has 0 radical (unpaired) electrons. The van der Waals surface area contributed by atoms with Gasteiger partial charge in [-0.05, 0) is 39.8 Å². The summed E-state index contributed by atoms with van der Waals surface area (Å²) in [7, 11) is 3.38. The Morgan fingerprint density at radius 1 is 1.14 bits per heavy atom. The van der Waals surface area contributed by atoms with Crippen LogP contribution in [0.1, 0.15) is 34.1 Å². The Morgan fingerprint density at radius 3 is 2.18 bits per heavy atom. The fourth-order valence-corrected chi connectivity index (χ4v) is 1.84. The van der Waals surface area contributed by atoms with E-state index in [-0.39, 0.29) is 18.4 Å². The highest BCUT2D eigenvalue weighted by atomic mass is 16.6. The molecule has 22 heavy (non-hydrogen) atoms. The van der Waals surface area contributed by atoms with Gasteiger partial charge < -0.3 is 14.5 Å². The Bertz CT molecular complexity index is 508. The van der Waals surface area contributed by atoms with Gasteiger partial charge in [-0.1, -0.05) is 18.2 Å². The maximum atomic E-state index is 12.3. The second kappa shape index (κ2) is 7.29. The Balaban J connectivity index is 2.62. The van der Waals surface area contributed by atoms with Crippen LogP contribution in [0, 0.1) is 0 Å². The number of carbonyl (C=O) groups is 2. The molecule has 0 spiro atoms. The van der Waals surface area contributed by atoms with Crippen LogP contribution in [-0.2, 0) is 9.53 Å². The minimum absolute atomic E-state index is 0.0471. The van der Waals surface area contributed by atoms with Gasteiger partial charge in [0.05, 0.1) is 0 Å². The fourth-order valence-electron chi connectivity index (χ4n) is 1.84. The molecule has 0 fully saturated rings. The van der Waals surface area contributed by atoms with E-state index in [4.69, 9.17) is 4.74 Å². The third-order valence-corrected chi connectivity index (χ3v) is 3.33. The van der Waals surface area contributed by atoms with Gasteiger partial charge in [0.2, 0.25) is 5.91 Å². The Kier molecular flexibility index (Phi) is 5.97. The summed E-state index contributed by atoms with van der Waals surface area (Å²) in [5, 5.41) is 0. The van der Waals surface area contributed by atoms with Crippen LogP contribution in [0.15, 0.2) is 30.3 Å². The first kappa shape index (κ1) is 18.0. The van der Waals surface area contributed by atoms with Gasteiger partial charge in [-0.25, -0.2) is 4.79 Å². The lowest BCUT2D eigenvalue weighted by atomic mass is 10.2. The second-order valence-electron chi connectivity index (χ2n) is 6.43. The van der Waals surface area contributed by atoms with Gasteiger partial charge in [-0.3, -0.25) is 4.79 Å². The highest BCUT2D eigenvalue weighted by Gasteiger charge is 2.25. The van der Waals surface area contributed by atoms with Gasteiger partial charge in [-0.15, -0.1) is 0 Å². The molecule has 0 saturated heterocycles. The molecule has 0 aliphatic rings. The molecule has 0 heterocycles. The number of nitrogens with zero attached hydrogens (tertiary/aromatic N) is 2. The first-order chi connectivity index (χ1) is 10.1. The van der Waals surface area contributed by atoms with E-state index in [9.17, 15) is 9.59 Å². The second-order valence-corrected chi connectivity index (χ2v) is 6.43. The van der Waals surface area contributed by atoms with Gasteiger partial charge in [0.1, 0.15) is 5.60 Å². The van der Waals surface area contributed by atoms with Gasteiger partial charge >= 0.3 is 6.09 Å². The molecular formula is C17H26N2O3. The largest absolute Gasteiger partial charge is 0.444 e. The van der Waals surface area contributed by atoms with E-state index in [0.29, 0.717) is 0 Å². The molecule has 0 N–H and O–H groups in total. The summed E-state index contributed by atoms with van der Waals surface area (Å²) in [6.45, 7) is 7.29. The Hall–Kier alpha value is -2.04. The first-order valence-electron chi connectivity index (χ1n) is 7.39. The number of benzene rings is 1. The molecule has 2 amide bonds. The van der Waals surface area contributed by atoms with Crippen LogP contribution >= 0.6 is 0 Å². The van der Waals surface area contributed by atoms with Crippen molar-refractivity contribution in [3.05, 3.63) is 30.3 Å². The fraction of sp³-hybridized carbons (Fsp3) is 0.529. The summed E-state index contributed by atoms with van der Waals surface area (Å²) in [6, 6.07) is 9.18. The summed E-state index contributed by atoms with van der Waals surface area (Å²) in [5.74, 6) is -0.0471. The van der Waals surface area contributed by atoms with Gasteiger partial charge in [0.25, 0.3) is 0 Å².